The van der Waals surface area contributed by atoms with Crippen molar-refractivity contribution in [1.29, 1.82) is 0 Å². The molecule has 0 spiro atoms. The molecule has 0 unspecified atom stereocenters. The van der Waals surface area contributed by atoms with Crippen LogP contribution in [0.5, 0.6) is 0 Å². The second kappa shape index (κ2) is 5.52. The van der Waals surface area contributed by atoms with Crippen LogP contribution in [0.25, 0.3) is 0 Å². The van der Waals surface area contributed by atoms with E-state index in [1.807, 2.05) is 34.6 Å². The molecule has 0 N–H and O–H groups in total. The number of esters is 1. The molecule has 22 heavy (non-hydrogen) atoms. The molecule has 0 aromatic carbocycles. The quantitative estimate of drug-likeness (QED) is 0.627. The largest absolute Gasteiger partial charge is 0.455 e. The van der Waals surface area contributed by atoms with Crippen molar-refractivity contribution in [2.45, 2.75) is 60.5 Å². The average Bonchev–Trinajstić information content (AvgIpc) is 2.77. The van der Waals surface area contributed by atoms with Crippen molar-refractivity contribution in [3.63, 3.8) is 0 Å². The second-order valence-electron chi connectivity index (χ2n) is 7.94. The summed E-state index contributed by atoms with van der Waals surface area (Å²) in [5.41, 5.74) is 0.999. The fourth-order valence-electron chi connectivity index (χ4n) is 2.64. The summed E-state index contributed by atoms with van der Waals surface area (Å²) in [6.07, 6.45) is 2.15. The average molecular weight is 306 g/mol. The first-order valence-electron chi connectivity index (χ1n) is 7.68. The molecular weight excluding hydrogens is 280 g/mol. The second-order valence-corrected chi connectivity index (χ2v) is 7.94. The van der Waals surface area contributed by atoms with Gasteiger partial charge in [0.2, 0.25) is 0 Å². The van der Waals surface area contributed by atoms with Gasteiger partial charge in [-0.25, -0.2) is 0 Å². The molecule has 5 nitrogen and oxygen atoms in total. The van der Waals surface area contributed by atoms with E-state index in [0.717, 1.165) is 0 Å². The van der Waals surface area contributed by atoms with E-state index in [-0.39, 0.29) is 35.2 Å². The van der Waals surface area contributed by atoms with Gasteiger partial charge in [-0.1, -0.05) is 51.4 Å². The zero-order valence-electron chi connectivity index (χ0n) is 14.6. The molecule has 1 saturated carbocycles. The molecule has 1 aromatic rings. The molecule has 0 amide bonds. The molecule has 0 saturated heterocycles. The minimum absolute atomic E-state index is 0.0377. The van der Waals surface area contributed by atoms with Gasteiger partial charge in [0.05, 0.1) is 5.92 Å². The third kappa shape index (κ3) is 3.39. The van der Waals surface area contributed by atoms with Crippen molar-refractivity contribution in [1.82, 2.24) is 10.1 Å². The molecule has 1 heterocycles. The number of nitrogens with zero attached hydrogens (tertiary/aromatic N) is 2. The van der Waals surface area contributed by atoms with E-state index >= 15 is 0 Å². The standard InChI is InChI=1S/C17H26N2O3/c1-10(2)8-11-13(17(11,6)7)14(20)21-9-12-18-15(19-22-12)16(3,4)5/h8,11,13H,9H2,1-7H3/t11-,13+/m0/s1. The van der Waals surface area contributed by atoms with Gasteiger partial charge in [-0.2, -0.15) is 4.98 Å². The predicted octanol–water partition coefficient (Wildman–Crippen LogP) is 3.65. The van der Waals surface area contributed by atoms with Gasteiger partial charge in [0.25, 0.3) is 5.89 Å². The highest BCUT2D eigenvalue weighted by atomic mass is 16.6. The summed E-state index contributed by atoms with van der Waals surface area (Å²) < 4.78 is 10.5. The highest BCUT2D eigenvalue weighted by molar-refractivity contribution is 5.78. The smallest absolute Gasteiger partial charge is 0.310 e. The normalized spacial score (nSPS) is 23.0. The lowest BCUT2D eigenvalue weighted by Crippen LogP contribution is -2.14. The number of aromatic nitrogens is 2. The zero-order valence-corrected chi connectivity index (χ0v) is 14.6. The summed E-state index contributed by atoms with van der Waals surface area (Å²) in [6.45, 7) is 14.3. The van der Waals surface area contributed by atoms with Gasteiger partial charge in [0.15, 0.2) is 12.4 Å². The zero-order chi connectivity index (χ0) is 16.7. The van der Waals surface area contributed by atoms with Crippen LogP contribution in [-0.4, -0.2) is 16.1 Å². The Labute approximate surface area is 132 Å². The summed E-state index contributed by atoms with van der Waals surface area (Å²) in [5, 5.41) is 3.92. The molecule has 0 aliphatic heterocycles. The maximum absolute atomic E-state index is 12.2. The molecule has 2 rings (SSSR count). The molecule has 1 aliphatic carbocycles. The van der Waals surface area contributed by atoms with E-state index in [4.69, 9.17) is 9.26 Å². The topological polar surface area (TPSA) is 65.2 Å². The van der Waals surface area contributed by atoms with E-state index in [0.29, 0.717) is 11.7 Å². The maximum Gasteiger partial charge on any atom is 0.310 e. The Morgan fingerprint density at radius 1 is 1.36 bits per heavy atom. The van der Waals surface area contributed by atoms with Crippen molar-refractivity contribution in [3.05, 3.63) is 23.4 Å². The first-order valence-corrected chi connectivity index (χ1v) is 7.68. The molecule has 0 radical (unpaired) electrons. The van der Waals surface area contributed by atoms with E-state index < -0.39 is 0 Å². The van der Waals surface area contributed by atoms with Crippen molar-refractivity contribution in [2.24, 2.45) is 17.3 Å². The molecule has 122 valence electrons. The van der Waals surface area contributed by atoms with Crippen LogP contribution >= 0.6 is 0 Å². The molecule has 1 aliphatic rings. The van der Waals surface area contributed by atoms with Gasteiger partial charge < -0.3 is 9.26 Å². The summed E-state index contributed by atoms with van der Waals surface area (Å²) in [7, 11) is 0. The third-order valence-corrected chi connectivity index (χ3v) is 4.15. The molecule has 5 heteroatoms. The summed E-state index contributed by atoms with van der Waals surface area (Å²) >= 11 is 0. The SMILES string of the molecule is CC(C)=C[C@H]1[C@H](C(=O)OCc2nc(C(C)(C)C)no2)C1(C)C. The number of carbonyl (C=O) groups is 1. The molecule has 1 aromatic heterocycles. The Morgan fingerprint density at radius 3 is 2.50 bits per heavy atom. The molecule has 1 fully saturated rings. The first kappa shape index (κ1) is 16.7. The number of ether oxygens (including phenoxy) is 1. The number of rotatable bonds is 4. The van der Waals surface area contributed by atoms with Crippen LogP contribution in [0.15, 0.2) is 16.2 Å². The summed E-state index contributed by atoms with van der Waals surface area (Å²) in [4.78, 5) is 16.5. The number of hydrogen-bond donors (Lipinski definition) is 0. The predicted molar refractivity (Wildman–Crippen MR) is 83.0 cm³/mol. The first-order chi connectivity index (χ1) is 10.0. The summed E-state index contributed by atoms with van der Waals surface area (Å²) in [6, 6.07) is 0. The monoisotopic (exact) mass is 306 g/mol. The molecular formula is C17H26N2O3. The Morgan fingerprint density at radius 2 is 2.00 bits per heavy atom. The van der Waals surface area contributed by atoms with Crippen LogP contribution in [-0.2, 0) is 21.6 Å². The lowest BCUT2D eigenvalue weighted by atomic mass is 9.96. The van der Waals surface area contributed by atoms with Crippen LogP contribution < -0.4 is 0 Å². The lowest BCUT2D eigenvalue weighted by Gasteiger charge is -2.10. The fraction of sp³-hybridized carbons (Fsp3) is 0.706. The van der Waals surface area contributed by atoms with Gasteiger partial charge in [-0.05, 0) is 25.2 Å². The Kier molecular flexibility index (Phi) is 4.20. The van der Waals surface area contributed by atoms with Crippen molar-refractivity contribution < 1.29 is 14.1 Å². The van der Waals surface area contributed by atoms with E-state index in [1.54, 1.807) is 0 Å². The van der Waals surface area contributed by atoms with Gasteiger partial charge in [-0.3, -0.25) is 4.79 Å². The fourth-order valence-corrected chi connectivity index (χ4v) is 2.64. The van der Waals surface area contributed by atoms with E-state index in [9.17, 15) is 4.79 Å². The summed E-state index contributed by atoms with van der Waals surface area (Å²) in [5.74, 6) is 0.927. The van der Waals surface area contributed by atoms with Crippen LogP contribution in [0.3, 0.4) is 0 Å². The van der Waals surface area contributed by atoms with Crippen LogP contribution in [0.1, 0.15) is 60.2 Å². The minimum Gasteiger partial charge on any atom is -0.455 e. The van der Waals surface area contributed by atoms with Gasteiger partial charge in [-0.15, -0.1) is 0 Å². The third-order valence-electron chi connectivity index (χ3n) is 4.15. The number of carbonyl (C=O) groups excluding carboxylic acids is 1. The van der Waals surface area contributed by atoms with Gasteiger partial charge in [0.1, 0.15) is 0 Å². The van der Waals surface area contributed by atoms with Gasteiger partial charge >= 0.3 is 5.97 Å². The molecule has 2 atom stereocenters. The van der Waals surface area contributed by atoms with Crippen LogP contribution in [0.4, 0.5) is 0 Å². The lowest BCUT2D eigenvalue weighted by molar-refractivity contribution is -0.148. The van der Waals surface area contributed by atoms with Crippen molar-refractivity contribution in [2.75, 3.05) is 0 Å². The number of hydrogen-bond acceptors (Lipinski definition) is 5. The van der Waals surface area contributed by atoms with E-state index in [2.05, 4.69) is 30.1 Å². The highest BCUT2D eigenvalue weighted by Crippen LogP contribution is 2.59. The Balaban J connectivity index is 1.94. The Hall–Kier alpha value is -1.65. The van der Waals surface area contributed by atoms with Gasteiger partial charge in [0, 0.05) is 5.41 Å². The van der Waals surface area contributed by atoms with Crippen LogP contribution in [0.2, 0.25) is 0 Å². The van der Waals surface area contributed by atoms with Crippen molar-refractivity contribution >= 4 is 5.97 Å². The van der Waals surface area contributed by atoms with Crippen LogP contribution in [0, 0.1) is 17.3 Å². The molecule has 0 bridgehead atoms. The maximum atomic E-state index is 12.2. The highest BCUT2D eigenvalue weighted by Gasteiger charge is 2.61. The Bertz CT molecular complexity index is 589. The minimum atomic E-state index is -0.192. The van der Waals surface area contributed by atoms with Crippen molar-refractivity contribution in [3.8, 4) is 0 Å². The van der Waals surface area contributed by atoms with E-state index in [1.165, 1.54) is 5.57 Å². The number of allylic oxidation sites excluding steroid dienone is 2.